The van der Waals surface area contributed by atoms with Crippen LogP contribution in [0.25, 0.3) is 5.69 Å². The quantitative estimate of drug-likeness (QED) is 0.665. The molecule has 0 atom stereocenters. The lowest BCUT2D eigenvalue weighted by molar-refractivity contribution is 0.247. The summed E-state index contributed by atoms with van der Waals surface area (Å²) >= 11 is 5.82. The topological polar surface area (TPSA) is 75.2 Å². The van der Waals surface area contributed by atoms with E-state index in [0.717, 1.165) is 23.6 Å². The molecule has 7 heteroatoms. The van der Waals surface area contributed by atoms with Gasteiger partial charge in [0.05, 0.1) is 18.9 Å². The van der Waals surface area contributed by atoms with Gasteiger partial charge in [0.2, 0.25) is 5.95 Å². The molecule has 0 aliphatic heterocycles. The number of nitrogens with zero attached hydrogens (tertiary/aromatic N) is 3. The second kappa shape index (κ2) is 7.70. The Morgan fingerprint density at radius 3 is 2.04 bits per heavy atom. The molecule has 0 aliphatic carbocycles. The van der Waals surface area contributed by atoms with E-state index in [1.807, 2.05) is 36.4 Å². The van der Waals surface area contributed by atoms with Gasteiger partial charge in [-0.15, -0.1) is 5.10 Å². The summed E-state index contributed by atoms with van der Waals surface area (Å²) in [4.78, 5) is 3.89. The molecule has 1 heterocycles. The Balaban J connectivity index is 1.41. The van der Waals surface area contributed by atoms with Gasteiger partial charge in [0.25, 0.3) is 0 Å². The molecule has 0 bridgehead atoms. The largest absolute Gasteiger partial charge is 0.493 e. The lowest BCUT2D eigenvalue weighted by Gasteiger charge is -2.08. The summed E-state index contributed by atoms with van der Waals surface area (Å²) < 4.78 is 12.9. The fourth-order valence-corrected chi connectivity index (χ4v) is 2.19. The number of aromatic nitrogens is 3. The van der Waals surface area contributed by atoms with Crippen LogP contribution in [0.4, 0.5) is 5.95 Å². The van der Waals surface area contributed by atoms with Gasteiger partial charge in [-0.3, -0.25) is 0 Å². The van der Waals surface area contributed by atoms with Crippen molar-refractivity contribution in [2.75, 3.05) is 18.9 Å². The fraction of sp³-hybridized carbons (Fsp3) is 0.176. The summed E-state index contributed by atoms with van der Waals surface area (Å²) in [6, 6.07) is 14.9. The first-order chi connectivity index (χ1) is 11.7. The Morgan fingerprint density at radius 1 is 0.917 bits per heavy atom. The molecule has 0 amide bonds. The van der Waals surface area contributed by atoms with Gasteiger partial charge in [0.15, 0.2) is 0 Å². The van der Waals surface area contributed by atoms with Gasteiger partial charge in [-0.05, 0) is 48.5 Å². The predicted octanol–water partition coefficient (Wildman–Crippen LogP) is 3.35. The van der Waals surface area contributed by atoms with Crippen LogP contribution in [0, 0.1) is 0 Å². The second-order valence-electron chi connectivity index (χ2n) is 5.05. The molecule has 124 valence electrons. The molecule has 24 heavy (non-hydrogen) atoms. The first kappa shape index (κ1) is 16.1. The minimum Gasteiger partial charge on any atom is -0.493 e. The van der Waals surface area contributed by atoms with Crippen molar-refractivity contribution in [3.05, 3.63) is 59.9 Å². The second-order valence-corrected chi connectivity index (χ2v) is 5.48. The first-order valence-electron chi connectivity index (χ1n) is 7.49. The van der Waals surface area contributed by atoms with Gasteiger partial charge in [-0.1, -0.05) is 11.6 Å². The smallest absolute Gasteiger partial charge is 0.239 e. The van der Waals surface area contributed by atoms with Gasteiger partial charge < -0.3 is 15.2 Å². The van der Waals surface area contributed by atoms with E-state index in [4.69, 9.17) is 26.8 Å². The molecule has 0 unspecified atom stereocenters. The Kier molecular flexibility index (Phi) is 5.18. The van der Waals surface area contributed by atoms with E-state index in [9.17, 15) is 0 Å². The van der Waals surface area contributed by atoms with Crippen molar-refractivity contribution in [3.8, 4) is 17.2 Å². The van der Waals surface area contributed by atoms with Crippen molar-refractivity contribution in [3.63, 3.8) is 0 Å². The summed E-state index contributed by atoms with van der Waals surface area (Å²) in [6.45, 7) is 1.15. The van der Waals surface area contributed by atoms with E-state index in [1.54, 1.807) is 23.1 Å². The molecule has 1 aromatic heterocycles. The minimum absolute atomic E-state index is 0.246. The molecule has 2 N–H and O–H groups in total. The van der Waals surface area contributed by atoms with Crippen LogP contribution in [0.1, 0.15) is 6.42 Å². The Labute approximate surface area is 144 Å². The number of hydrogen-bond acceptors (Lipinski definition) is 5. The molecule has 6 nitrogen and oxygen atoms in total. The molecule has 0 radical (unpaired) electrons. The molecule has 0 saturated heterocycles. The van der Waals surface area contributed by atoms with Crippen LogP contribution in [-0.4, -0.2) is 28.0 Å². The zero-order valence-corrected chi connectivity index (χ0v) is 13.7. The molecule has 3 aromatic rings. The fourth-order valence-electron chi connectivity index (χ4n) is 2.07. The van der Waals surface area contributed by atoms with Crippen LogP contribution in [0.5, 0.6) is 11.5 Å². The summed E-state index contributed by atoms with van der Waals surface area (Å²) in [5.41, 5.74) is 6.38. The lowest BCUT2D eigenvalue weighted by Crippen LogP contribution is -2.05. The molecular formula is C17H17ClN4O2. The SMILES string of the molecule is Nc1ncn(-c2ccc(OCCCOc3ccc(Cl)cc3)cc2)n1. The highest BCUT2D eigenvalue weighted by Crippen LogP contribution is 2.17. The number of halogens is 1. The number of benzene rings is 2. The number of nitrogen functional groups attached to an aromatic ring is 1. The maximum absolute atomic E-state index is 5.82. The third kappa shape index (κ3) is 4.39. The lowest BCUT2D eigenvalue weighted by atomic mass is 10.3. The van der Waals surface area contributed by atoms with Crippen LogP contribution in [0.15, 0.2) is 54.9 Å². The average molecular weight is 345 g/mol. The van der Waals surface area contributed by atoms with Gasteiger partial charge >= 0.3 is 0 Å². The molecule has 2 aromatic carbocycles. The van der Waals surface area contributed by atoms with Crippen LogP contribution in [-0.2, 0) is 0 Å². The summed E-state index contributed by atoms with van der Waals surface area (Å²) in [5, 5.41) is 4.75. The predicted molar refractivity (Wildman–Crippen MR) is 92.8 cm³/mol. The van der Waals surface area contributed by atoms with Gasteiger partial charge in [-0.25, -0.2) is 9.67 Å². The summed E-state index contributed by atoms with van der Waals surface area (Å²) in [5.74, 6) is 1.84. The third-order valence-corrected chi connectivity index (χ3v) is 3.50. The number of hydrogen-bond donors (Lipinski definition) is 1. The summed E-state index contributed by atoms with van der Waals surface area (Å²) in [7, 11) is 0. The highest BCUT2D eigenvalue weighted by molar-refractivity contribution is 6.30. The zero-order valence-electron chi connectivity index (χ0n) is 12.9. The number of nitrogens with two attached hydrogens (primary N) is 1. The molecule has 3 rings (SSSR count). The Morgan fingerprint density at radius 2 is 1.50 bits per heavy atom. The monoisotopic (exact) mass is 344 g/mol. The Bertz CT molecular complexity index is 772. The van der Waals surface area contributed by atoms with E-state index in [2.05, 4.69) is 10.1 Å². The molecular weight excluding hydrogens is 328 g/mol. The van der Waals surface area contributed by atoms with Crippen molar-refractivity contribution >= 4 is 17.5 Å². The van der Waals surface area contributed by atoms with Crippen LogP contribution in [0.3, 0.4) is 0 Å². The standard InChI is InChI=1S/C17H17ClN4O2/c18-13-2-6-15(7-3-13)23-10-1-11-24-16-8-4-14(5-9-16)22-12-20-17(19)21-22/h2-9,12H,1,10-11H2,(H2,19,21). The molecule has 0 spiro atoms. The highest BCUT2D eigenvalue weighted by atomic mass is 35.5. The first-order valence-corrected chi connectivity index (χ1v) is 7.87. The van der Waals surface area contributed by atoms with Crippen molar-refractivity contribution < 1.29 is 9.47 Å². The number of rotatable bonds is 7. The van der Waals surface area contributed by atoms with Crippen LogP contribution >= 0.6 is 11.6 Å². The maximum Gasteiger partial charge on any atom is 0.239 e. The van der Waals surface area contributed by atoms with Crippen molar-refractivity contribution in [2.24, 2.45) is 0 Å². The number of anilines is 1. The van der Waals surface area contributed by atoms with E-state index in [-0.39, 0.29) is 5.95 Å². The van der Waals surface area contributed by atoms with Gasteiger partial charge in [0.1, 0.15) is 17.8 Å². The Hall–Kier alpha value is -2.73. The maximum atomic E-state index is 5.82. The van der Waals surface area contributed by atoms with Crippen molar-refractivity contribution in [2.45, 2.75) is 6.42 Å². The average Bonchev–Trinajstić information content (AvgIpc) is 3.03. The van der Waals surface area contributed by atoms with Crippen LogP contribution in [0.2, 0.25) is 5.02 Å². The molecule has 0 aliphatic rings. The minimum atomic E-state index is 0.246. The normalized spacial score (nSPS) is 10.5. The zero-order chi connectivity index (χ0) is 16.8. The van der Waals surface area contributed by atoms with E-state index < -0.39 is 0 Å². The van der Waals surface area contributed by atoms with Crippen molar-refractivity contribution in [1.29, 1.82) is 0 Å². The summed E-state index contributed by atoms with van der Waals surface area (Å²) in [6.07, 6.45) is 2.35. The van der Waals surface area contributed by atoms with Crippen LogP contribution < -0.4 is 15.2 Å². The van der Waals surface area contributed by atoms with E-state index in [0.29, 0.717) is 18.2 Å². The van der Waals surface area contributed by atoms with E-state index in [1.165, 1.54) is 0 Å². The number of ether oxygens (including phenoxy) is 2. The van der Waals surface area contributed by atoms with Crippen molar-refractivity contribution in [1.82, 2.24) is 14.8 Å². The molecule has 0 fully saturated rings. The van der Waals surface area contributed by atoms with Gasteiger partial charge in [-0.2, -0.15) is 0 Å². The van der Waals surface area contributed by atoms with E-state index >= 15 is 0 Å². The van der Waals surface area contributed by atoms with Gasteiger partial charge in [0, 0.05) is 11.4 Å². The highest BCUT2D eigenvalue weighted by Gasteiger charge is 2.01. The molecule has 0 saturated carbocycles. The third-order valence-electron chi connectivity index (χ3n) is 3.25.